The maximum absolute atomic E-state index is 8.58. The largest absolute Gasteiger partial charge is 0.482 e. The van der Waals surface area contributed by atoms with Crippen LogP contribution in [0.4, 0.5) is 0 Å². The Morgan fingerprint density at radius 3 is 2.53 bits per heavy atom. The molecule has 0 saturated carbocycles. The number of oxime groups is 1. The monoisotopic (exact) mass is 236 g/mol. The predicted molar refractivity (Wildman–Crippen MR) is 68.8 cm³/mol. The van der Waals surface area contributed by atoms with Crippen molar-refractivity contribution in [2.24, 2.45) is 10.9 Å². The summed E-state index contributed by atoms with van der Waals surface area (Å²) in [4.78, 5) is 0. The number of nitrogens with two attached hydrogens (primary N) is 1. The maximum Gasteiger partial charge on any atom is 0.180 e. The average Bonchev–Trinajstić information content (AvgIpc) is 2.30. The molecule has 1 rings (SSSR count). The van der Waals surface area contributed by atoms with Crippen LogP contribution in [0.5, 0.6) is 5.75 Å². The summed E-state index contributed by atoms with van der Waals surface area (Å²) >= 11 is 0. The third kappa shape index (κ3) is 3.37. The van der Waals surface area contributed by atoms with E-state index in [0.29, 0.717) is 5.92 Å². The molecule has 1 aromatic carbocycles. The van der Waals surface area contributed by atoms with E-state index in [9.17, 15) is 0 Å². The van der Waals surface area contributed by atoms with Gasteiger partial charge in [-0.3, -0.25) is 0 Å². The highest BCUT2D eigenvalue weighted by Crippen LogP contribution is 2.25. The van der Waals surface area contributed by atoms with Crippen molar-refractivity contribution in [3.05, 3.63) is 29.3 Å². The van der Waals surface area contributed by atoms with Crippen molar-refractivity contribution in [2.75, 3.05) is 0 Å². The van der Waals surface area contributed by atoms with Gasteiger partial charge in [0.15, 0.2) is 11.9 Å². The smallest absolute Gasteiger partial charge is 0.180 e. The minimum atomic E-state index is -0.443. The fourth-order valence-electron chi connectivity index (χ4n) is 1.43. The molecule has 1 atom stereocenters. The van der Waals surface area contributed by atoms with Gasteiger partial charge < -0.3 is 15.7 Å². The van der Waals surface area contributed by atoms with Crippen molar-refractivity contribution in [3.63, 3.8) is 0 Å². The molecule has 0 aliphatic heterocycles. The lowest BCUT2D eigenvalue weighted by Crippen LogP contribution is -2.31. The van der Waals surface area contributed by atoms with Crippen LogP contribution in [0.3, 0.4) is 0 Å². The van der Waals surface area contributed by atoms with Gasteiger partial charge in [0.1, 0.15) is 5.75 Å². The highest BCUT2D eigenvalue weighted by molar-refractivity contribution is 5.84. The van der Waals surface area contributed by atoms with Crippen LogP contribution in [0.15, 0.2) is 23.4 Å². The van der Waals surface area contributed by atoms with Gasteiger partial charge in [0, 0.05) is 0 Å². The summed E-state index contributed by atoms with van der Waals surface area (Å²) in [7, 11) is 0. The van der Waals surface area contributed by atoms with E-state index in [1.807, 2.05) is 19.1 Å². The van der Waals surface area contributed by atoms with Crippen molar-refractivity contribution >= 4 is 5.84 Å². The molecule has 4 heteroatoms. The lowest BCUT2D eigenvalue weighted by atomic mass is 10.0. The molecule has 0 amide bonds. The van der Waals surface area contributed by atoms with Gasteiger partial charge in [-0.2, -0.15) is 0 Å². The van der Waals surface area contributed by atoms with Gasteiger partial charge >= 0.3 is 0 Å². The third-order valence-corrected chi connectivity index (χ3v) is 2.71. The summed E-state index contributed by atoms with van der Waals surface area (Å²) in [5.41, 5.74) is 7.73. The molecule has 0 bridgehead atoms. The van der Waals surface area contributed by atoms with E-state index in [4.69, 9.17) is 15.7 Å². The summed E-state index contributed by atoms with van der Waals surface area (Å²) < 4.78 is 5.67. The normalized spacial score (nSPS) is 13.8. The van der Waals surface area contributed by atoms with E-state index in [1.54, 1.807) is 6.92 Å². The topological polar surface area (TPSA) is 67.8 Å². The molecule has 0 saturated heterocycles. The van der Waals surface area contributed by atoms with Gasteiger partial charge in [-0.1, -0.05) is 31.1 Å². The second-order valence-corrected chi connectivity index (χ2v) is 4.46. The fraction of sp³-hybridized carbons (Fsp3) is 0.462. The number of benzene rings is 1. The molecule has 1 unspecified atom stereocenters. The van der Waals surface area contributed by atoms with Crippen LogP contribution >= 0.6 is 0 Å². The summed E-state index contributed by atoms with van der Waals surface area (Å²) in [6.07, 6.45) is -0.443. The Balaban J connectivity index is 2.93. The Morgan fingerprint density at radius 2 is 2.00 bits per heavy atom. The number of amidine groups is 1. The van der Waals surface area contributed by atoms with Crippen molar-refractivity contribution in [1.82, 2.24) is 0 Å². The first-order chi connectivity index (χ1) is 7.95. The van der Waals surface area contributed by atoms with Gasteiger partial charge in [0.25, 0.3) is 0 Å². The molecule has 0 aliphatic carbocycles. The van der Waals surface area contributed by atoms with Gasteiger partial charge in [0.2, 0.25) is 0 Å². The molecule has 0 spiro atoms. The standard InChI is InChI=1S/C13H20N2O2/c1-8(2)11-6-5-9(3)12(7-11)17-10(4)13(14)15-16/h5-8,10,16H,1-4H3,(H2,14,15). The number of rotatable bonds is 4. The molecule has 94 valence electrons. The second kappa shape index (κ2) is 5.57. The first-order valence-corrected chi connectivity index (χ1v) is 5.70. The minimum Gasteiger partial charge on any atom is -0.482 e. The molecule has 17 heavy (non-hydrogen) atoms. The summed E-state index contributed by atoms with van der Waals surface area (Å²) in [5.74, 6) is 1.28. The van der Waals surface area contributed by atoms with E-state index < -0.39 is 6.10 Å². The molecule has 0 heterocycles. The zero-order valence-electron chi connectivity index (χ0n) is 10.8. The van der Waals surface area contributed by atoms with Crippen LogP contribution in [0.25, 0.3) is 0 Å². The maximum atomic E-state index is 8.58. The number of hydrogen-bond acceptors (Lipinski definition) is 3. The van der Waals surface area contributed by atoms with Crippen LogP contribution in [0.2, 0.25) is 0 Å². The predicted octanol–water partition coefficient (Wildman–Crippen LogP) is 2.63. The van der Waals surface area contributed by atoms with Gasteiger partial charge in [-0.05, 0) is 37.0 Å². The summed E-state index contributed by atoms with van der Waals surface area (Å²) in [6.45, 7) is 7.97. The molecule has 0 fully saturated rings. The summed E-state index contributed by atoms with van der Waals surface area (Å²) in [6, 6.07) is 6.10. The van der Waals surface area contributed by atoms with E-state index in [-0.39, 0.29) is 5.84 Å². The Labute approximate surface area is 102 Å². The molecule has 3 N–H and O–H groups in total. The van der Waals surface area contributed by atoms with Crippen molar-refractivity contribution in [1.29, 1.82) is 0 Å². The van der Waals surface area contributed by atoms with Gasteiger partial charge in [-0.25, -0.2) is 0 Å². The Morgan fingerprint density at radius 1 is 1.35 bits per heavy atom. The SMILES string of the molecule is Cc1ccc(C(C)C)cc1OC(C)C(N)=NO. The summed E-state index contributed by atoms with van der Waals surface area (Å²) in [5, 5.41) is 11.5. The van der Waals surface area contributed by atoms with Gasteiger partial charge in [-0.15, -0.1) is 0 Å². The zero-order chi connectivity index (χ0) is 13.0. The Kier molecular flexibility index (Phi) is 4.37. The Bertz CT molecular complexity index is 414. The average molecular weight is 236 g/mol. The van der Waals surface area contributed by atoms with E-state index in [1.165, 1.54) is 5.56 Å². The molecule has 0 radical (unpaired) electrons. The molecular weight excluding hydrogens is 216 g/mol. The minimum absolute atomic E-state index is 0.0688. The van der Waals surface area contributed by atoms with Crippen LogP contribution in [-0.4, -0.2) is 17.1 Å². The fourth-order valence-corrected chi connectivity index (χ4v) is 1.43. The van der Waals surface area contributed by atoms with Crippen LogP contribution in [0, 0.1) is 6.92 Å². The zero-order valence-corrected chi connectivity index (χ0v) is 10.8. The number of ether oxygens (including phenoxy) is 1. The van der Waals surface area contributed by atoms with E-state index in [2.05, 4.69) is 25.1 Å². The van der Waals surface area contributed by atoms with E-state index in [0.717, 1.165) is 11.3 Å². The van der Waals surface area contributed by atoms with E-state index >= 15 is 0 Å². The number of hydrogen-bond donors (Lipinski definition) is 2. The highest BCUT2D eigenvalue weighted by atomic mass is 16.5. The number of nitrogens with zero attached hydrogens (tertiary/aromatic N) is 1. The molecular formula is C13H20N2O2. The van der Waals surface area contributed by atoms with Crippen molar-refractivity contribution < 1.29 is 9.94 Å². The van der Waals surface area contributed by atoms with Crippen LogP contribution in [0.1, 0.15) is 37.8 Å². The van der Waals surface area contributed by atoms with Crippen molar-refractivity contribution in [2.45, 2.75) is 39.7 Å². The third-order valence-electron chi connectivity index (χ3n) is 2.71. The Hall–Kier alpha value is -1.71. The first kappa shape index (κ1) is 13.4. The molecule has 1 aromatic rings. The first-order valence-electron chi connectivity index (χ1n) is 5.70. The molecule has 0 aromatic heterocycles. The second-order valence-electron chi connectivity index (χ2n) is 4.46. The number of aryl methyl sites for hydroxylation is 1. The molecule has 4 nitrogen and oxygen atoms in total. The lowest BCUT2D eigenvalue weighted by molar-refractivity contribution is 0.264. The lowest BCUT2D eigenvalue weighted by Gasteiger charge is -2.17. The highest BCUT2D eigenvalue weighted by Gasteiger charge is 2.12. The van der Waals surface area contributed by atoms with Crippen LogP contribution in [-0.2, 0) is 0 Å². The quantitative estimate of drug-likeness (QED) is 0.365. The molecule has 0 aliphatic rings. The van der Waals surface area contributed by atoms with Crippen molar-refractivity contribution in [3.8, 4) is 5.75 Å². The van der Waals surface area contributed by atoms with Crippen LogP contribution < -0.4 is 10.5 Å². The van der Waals surface area contributed by atoms with Gasteiger partial charge in [0.05, 0.1) is 0 Å².